The smallest absolute Gasteiger partial charge is 0.309 e. The lowest BCUT2D eigenvalue weighted by Gasteiger charge is -2.27. The molecule has 0 heterocycles. The lowest BCUT2D eigenvalue weighted by molar-refractivity contribution is -0.162. The summed E-state index contributed by atoms with van der Waals surface area (Å²) < 4.78 is 5.69. The van der Waals surface area contributed by atoms with Crippen LogP contribution in [0.15, 0.2) is 42.5 Å². The second kappa shape index (κ2) is 5.66. The van der Waals surface area contributed by atoms with Crippen LogP contribution in [0.3, 0.4) is 0 Å². The van der Waals surface area contributed by atoms with E-state index in [0.29, 0.717) is 0 Å². The first-order chi connectivity index (χ1) is 9.44. The van der Waals surface area contributed by atoms with Gasteiger partial charge in [0.2, 0.25) is 0 Å². The number of ether oxygens (including phenoxy) is 1. The van der Waals surface area contributed by atoms with Crippen LogP contribution in [0.1, 0.15) is 39.7 Å². The summed E-state index contributed by atoms with van der Waals surface area (Å²) in [6.07, 6.45) is 0.798. The molecule has 20 heavy (non-hydrogen) atoms. The summed E-state index contributed by atoms with van der Waals surface area (Å²) in [7, 11) is 0. The third-order valence-corrected chi connectivity index (χ3v) is 3.82. The maximum absolute atomic E-state index is 12.0. The van der Waals surface area contributed by atoms with Crippen LogP contribution in [0.25, 0.3) is 10.8 Å². The fraction of sp³-hybridized carbons (Fsp3) is 0.389. The maximum Gasteiger partial charge on any atom is 0.309 e. The van der Waals surface area contributed by atoms with Gasteiger partial charge in [-0.25, -0.2) is 0 Å². The van der Waals surface area contributed by atoms with E-state index in [0.717, 1.165) is 17.4 Å². The minimum atomic E-state index is -0.607. The molecule has 2 nitrogen and oxygen atoms in total. The first-order valence-electron chi connectivity index (χ1n) is 7.16. The van der Waals surface area contributed by atoms with Gasteiger partial charge in [-0.1, -0.05) is 50.2 Å². The predicted molar refractivity (Wildman–Crippen MR) is 82.5 cm³/mol. The maximum atomic E-state index is 12.0. The molecule has 0 saturated carbocycles. The molecule has 0 aliphatic rings. The van der Waals surface area contributed by atoms with Gasteiger partial charge in [0.15, 0.2) is 0 Å². The molecule has 2 aromatic rings. The van der Waals surface area contributed by atoms with Crippen LogP contribution in [-0.2, 0) is 15.1 Å². The number of hydrogen-bond acceptors (Lipinski definition) is 2. The van der Waals surface area contributed by atoms with Crippen LogP contribution in [0.4, 0.5) is 0 Å². The van der Waals surface area contributed by atoms with E-state index in [2.05, 4.69) is 24.3 Å². The third-order valence-electron chi connectivity index (χ3n) is 3.82. The van der Waals surface area contributed by atoms with Crippen molar-refractivity contribution in [2.24, 2.45) is 5.92 Å². The number of hydrogen-bond donors (Lipinski definition) is 0. The number of benzene rings is 2. The second-order valence-corrected chi connectivity index (χ2v) is 5.80. The third kappa shape index (κ3) is 3.01. The SMILES string of the molecule is CCC(C)C(=O)OC(C)(C)c1ccc2ccccc2c1. The second-order valence-electron chi connectivity index (χ2n) is 5.80. The summed E-state index contributed by atoms with van der Waals surface area (Å²) in [6.45, 7) is 7.78. The van der Waals surface area contributed by atoms with Gasteiger partial charge < -0.3 is 4.74 Å². The monoisotopic (exact) mass is 270 g/mol. The largest absolute Gasteiger partial charge is 0.455 e. The van der Waals surface area contributed by atoms with Crippen molar-refractivity contribution >= 4 is 16.7 Å². The summed E-state index contributed by atoms with van der Waals surface area (Å²) in [6, 6.07) is 14.4. The molecule has 0 spiro atoms. The molecule has 0 aromatic heterocycles. The Hall–Kier alpha value is -1.83. The Kier molecular flexibility index (Phi) is 4.12. The van der Waals surface area contributed by atoms with Gasteiger partial charge in [0.25, 0.3) is 0 Å². The number of carbonyl (C=O) groups is 1. The Morgan fingerprint density at radius 3 is 2.45 bits per heavy atom. The molecule has 0 amide bonds. The number of fused-ring (bicyclic) bond motifs is 1. The fourth-order valence-electron chi connectivity index (χ4n) is 2.14. The molecule has 0 saturated heterocycles. The van der Waals surface area contributed by atoms with Gasteiger partial charge in [0, 0.05) is 0 Å². The Morgan fingerprint density at radius 1 is 1.15 bits per heavy atom. The van der Waals surface area contributed by atoms with Crippen LogP contribution in [0.5, 0.6) is 0 Å². The van der Waals surface area contributed by atoms with Crippen molar-refractivity contribution in [3.05, 3.63) is 48.0 Å². The average molecular weight is 270 g/mol. The van der Waals surface area contributed by atoms with Gasteiger partial charge in [-0.15, -0.1) is 0 Å². The van der Waals surface area contributed by atoms with Crippen molar-refractivity contribution in [3.63, 3.8) is 0 Å². The zero-order chi connectivity index (χ0) is 14.8. The van der Waals surface area contributed by atoms with Crippen LogP contribution >= 0.6 is 0 Å². The molecule has 0 bridgehead atoms. The van der Waals surface area contributed by atoms with Crippen molar-refractivity contribution in [1.29, 1.82) is 0 Å². The summed E-state index contributed by atoms with van der Waals surface area (Å²) >= 11 is 0. The fourth-order valence-corrected chi connectivity index (χ4v) is 2.14. The molecule has 2 heteroatoms. The van der Waals surface area contributed by atoms with E-state index in [1.807, 2.05) is 45.9 Å². The zero-order valence-electron chi connectivity index (χ0n) is 12.6. The first kappa shape index (κ1) is 14.6. The van der Waals surface area contributed by atoms with Gasteiger partial charge in [-0.2, -0.15) is 0 Å². The van der Waals surface area contributed by atoms with Gasteiger partial charge in [0.05, 0.1) is 5.92 Å². The Balaban J connectivity index is 2.29. The van der Waals surface area contributed by atoms with Gasteiger partial charge in [-0.05, 0) is 42.7 Å². The first-order valence-corrected chi connectivity index (χ1v) is 7.16. The molecule has 2 rings (SSSR count). The van der Waals surface area contributed by atoms with Crippen LogP contribution in [0.2, 0.25) is 0 Å². The normalized spacial score (nSPS) is 13.2. The zero-order valence-corrected chi connectivity index (χ0v) is 12.6. The number of rotatable bonds is 4. The standard InChI is InChI=1S/C18H22O2/c1-5-13(2)17(19)20-18(3,4)16-11-10-14-8-6-7-9-15(14)12-16/h6-13H,5H2,1-4H3. The summed E-state index contributed by atoms with van der Waals surface area (Å²) in [5.74, 6) is -0.194. The topological polar surface area (TPSA) is 26.3 Å². The van der Waals surface area contributed by atoms with E-state index >= 15 is 0 Å². The van der Waals surface area contributed by atoms with Crippen molar-refractivity contribution in [2.75, 3.05) is 0 Å². The minimum Gasteiger partial charge on any atom is -0.455 e. The predicted octanol–water partition coefficient (Wildman–Crippen LogP) is 4.66. The number of esters is 1. The van der Waals surface area contributed by atoms with Crippen molar-refractivity contribution < 1.29 is 9.53 Å². The molecule has 0 aliphatic carbocycles. The molecule has 1 unspecified atom stereocenters. The molecule has 106 valence electrons. The highest BCUT2D eigenvalue weighted by atomic mass is 16.6. The highest BCUT2D eigenvalue weighted by Gasteiger charge is 2.27. The van der Waals surface area contributed by atoms with Crippen molar-refractivity contribution in [2.45, 2.75) is 39.7 Å². The van der Waals surface area contributed by atoms with E-state index < -0.39 is 5.60 Å². The van der Waals surface area contributed by atoms with Crippen molar-refractivity contribution in [3.8, 4) is 0 Å². The number of carbonyl (C=O) groups excluding carboxylic acids is 1. The van der Waals surface area contributed by atoms with Gasteiger partial charge in [0.1, 0.15) is 5.60 Å². The highest BCUT2D eigenvalue weighted by molar-refractivity contribution is 5.83. The van der Waals surface area contributed by atoms with Crippen LogP contribution in [0, 0.1) is 5.92 Å². The summed E-state index contributed by atoms with van der Waals surface area (Å²) in [5, 5.41) is 2.36. The lowest BCUT2D eigenvalue weighted by atomic mass is 9.95. The van der Waals surface area contributed by atoms with E-state index in [1.54, 1.807) is 0 Å². The molecule has 2 aromatic carbocycles. The molecular formula is C18H22O2. The molecular weight excluding hydrogens is 248 g/mol. The molecule has 0 N–H and O–H groups in total. The Bertz CT molecular complexity index is 614. The highest BCUT2D eigenvalue weighted by Crippen LogP contribution is 2.29. The average Bonchev–Trinajstić information content (AvgIpc) is 2.45. The summed E-state index contributed by atoms with van der Waals surface area (Å²) in [4.78, 5) is 12.0. The Labute approximate surface area is 120 Å². The quantitative estimate of drug-likeness (QED) is 0.755. The lowest BCUT2D eigenvalue weighted by Crippen LogP contribution is -2.28. The van der Waals surface area contributed by atoms with Crippen molar-refractivity contribution in [1.82, 2.24) is 0 Å². The van der Waals surface area contributed by atoms with Gasteiger partial charge in [-0.3, -0.25) is 4.79 Å². The van der Waals surface area contributed by atoms with E-state index in [9.17, 15) is 4.79 Å². The molecule has 0 radical (unpaired) electrons. The van der Waals surface area contributed by atoms with E-state index in [-0.39, 0.29) is 11.9 Å². The van der Waals surface area contributed by atoms with E-state index in [4.69, 9.17) is 4.74 Å². The van der Waals surface area contributed by atoms with Gasteiger partial charge >= 0.3 is 5.97 Å². The molecule has 1 atom stereocenters. The van der Waals surface area contributed by atoms with Crippen LogP contribution in [-0.4, -0.2) is 5.97 Å². The summed E-state index contributed by atoms with van der Waals surface area (Å²) in [5.41, 5.74) is 0.415. The van der Waals surface area contributed by atoms with E-state index in [1.165, 1.54) is 5.39 Å². The van der Waals surface area contributed by atoms with Crippen LogP contribution < -0.4 is 0 Å². The minimum absolute atomic E-state index is 0.0604. The molecule has 0 fully saturated rings. The Morgan fingerprint density at radius 2 is 1.80 bits per heavy atom. The molecule has 0 aliphatic heterocycles.